The van der Waals surface area contributed by atoms with Crippen LogP contribution in [0.15, 0.2) is 44.9 Å². The van der Waals surface area contributed by atoms with E-state index in [0.29, 0.717) is 17.5 Å². The molecule has 34 heavy (non-hydrogen) atoms. The average molecular weight is 500 g/mol. The highest BCUT2D eigenvalue weighted by atomic mass is 32.2. The monoisotopic (exact) mass is 499 g/mol. The number of amides is 1. The molecule has 0 fully saturated rings. The van der Waals surface area contributed by atoms with Crippen molar-refractivity contribution in [3.8, 4) is 5.75 Å². The summed E-state index contributed by atoms with van der Waals surface area (Å²) in [7, 11) is -3.68. The van der Waals surface area contributed by atoms with E-state index in [9.17, 15) is 26.4 Å². The molecule has 0 aliphatic carbocycles. The van der Waals surface area contributed by atoms with Crippen molar-refractivity contribution in [2.45, 2.75) is 43.7 Å². The molecule has 0 radical (unpaired) electrons. The highest BCUT2D eigenvalue weighted by Crippen LogP contribution is 2.46. The van der Waals surface area contributed by atoms with E-state index in [1.165, 1.54) is 32.0 Å². The van der Waals surface area contributed by atoms with Crippen molar-refractivity contribution in [3.05, 3.63) is 35.5 Å². The first-order chi connectivity index (χ1) is 15.6. The first-order valence-corrected chi connectivity index (χ1v) is 11.7. The van der Waals surface area contributed by atoms with Crippen molar-refractivity contribution in [3.63, 3.8) is 0 Å². The van der Waals surface area contributed by atoms with Gasteiger partial charge < -0.3 is 15.8 Å². The van der Waals surface area contributed by atoms with Gasteiger partial charge in [0.05, 0.1) is 12.4 Å². The third-order valence-electron chi connectivity index (χ3n) is 5.85. The summed E-state index contributed by atoms with van der Waals surface area (Å²) in [6, 6.07) is 4.52. The van der Waals surface area contributed by atoms with Crippen LogP contribution in [0.5, 0.6) is 5.75 Å². The van der Waals surface area contributed by atoms with E-state index in [-0.39, 0.29) is 30.3 Å². The van der Waals surface area contributed by atoms with Crippen LogP contribution in [0.1, 0.15) is 32.8 Å². The Hall–Kier alpha value is -3.22. The van der Waals surface area contributed by atoms with Gasteiger partial charge in [-0.15, -0.1) is 0 Å². The second kappa shape index (κ2) is 8.53. The quantitative estimate of drug-likeness (QED) is 0.476. The fraction of sp³-hybridized carbons (Fsp3) is 0.429. The number of hydrogen-bond donors (Lipinski definition) is 2. The molecule has 0 saturated carbocycles. The van der Waals surface area contributed by atoms with Gasteiger partial charge in [0.2, 0.25) is 5.84 Å². The van der Waals surface area contributed by atoms with Gasteiger partial charge in [0, 0.05) is 29.4 Å². The van der Waals surface area contributed by atoms with Crippen LogP contribution < -0.4 is 15.8 Å². The van der Waals surface area contributed by atoms with Crippen LogP contribution in [0.2, 0.25) is 0 Å². The summed E-state index contributed by atoms with van der Waals surface area (Å²) in [5.41, 5.74) is 4.45. The van der Waals surface area contributed by atoms with Gasteiger partial charge in [-0.25, -0.2) is 18.4 Å². The molecule has 2 aliphatic heterocycles. The third kappa shape index (κ3) is 4.56. The molecule has 0 bridgehead atoms. The number of aliphatic imine (C=N–C) groups is 3. The Morgan fingerprint density at radius 3 is 2.62 bits per heavy atom. The molecule has 1 atom stereocenters. The minimum absolute atomic E-state index is 0.0295. The summed E-state index contributed by atoms with van der Waals surface area (Å²) in [6.45, 7) is 7.17. The molecular weight excluding hydrogens is 475 g/mol. The molecule has 1 amide bonds. The first kappa shape index (κ1) is 25.4. The van der Waals surface area contributed by atoms with Crippen molar-refractivity contribution < 1.29 is 31.1 Å². The van der Waals surface area contributed by atoms with Gasteiger partial charge >= 0.3 is 6.18 Å². The second-order valence-electron chi connectivity index (χ2n) is 8.48. The number of amidine groups is 2. The number of nitrogens with one attached hydrogen (secondary N) is 1. The smallest absolute Gasteiger partial charge is 0.413 e. The Kier molecular flexibility index (Phi) is 6.37. The maximum atomic E-state index is 13.0. The van der Waals surface area contributed by atoms with Crippen molar-refractivity contribution in [2.24, 2.45) is 20.7 Å². The Balaban J connectivity index is 1.98. The number of alkyl halides is 3. The molecule has 1 aromatic rings. The number of sulfone groups is 1. The number of halogens is 3. The lowest BCUT2D eigenvalue weighted by atomic mass is 9.85. The van der Waals surface area contributed by atoms with Crippen LogP contribution in [0, 0.1) is 0 Å². The molecule has 0 saturated heterocycles. The summed E-state index contributed by atoms with van der Waals surface area (Å²) in [4.78, 5) is 23.9. The van der Waals surface area contributed by atoms with Crippen LogP contribution in [0.25, 0.3) is 0 Å². The molecule has 1 aromatic carbocycles. The number of carbonyl (C=O) groups excluding carboxylic acids is 1. The van der Waals surface area contributed by atoms with Crippen LogP contribution >= 0.6 is 0 Å². The number of anilines is 1. The number of fused-ring (bicyclic) bond motifs is 2. The van der Waals surface area contributed by atoms with Gasteiger partial charge in [-0.3, -0.25) is 9.79 Å². The minimum atomic E-state index is -4.60. The van der Waals surface area contributed by atoms with Crippen LogP contribution in [-0.4, -0.2) is 56.0 Å². The first-order valence-electron chi connectivity index (χ1n) is 10.1. The summed E-state index contributed by atoms with van der Waals surface area (Å²) >= 11 is 0. The lowest BCUT2D eigenvalue weighted by Crippen LogP contribution is -2.56. The molecule has 184 valence electrons. The minimum Gasteiger partial charge on any atom is -0.493 e. The number of nitrogens with zero attached hydrogens (tertiary/aromatic N) is 3. The number of rotatable bonds is 2. The summed E-state index contributed by atoms with van der Waals surface area (Å²) in [5, 5.41) is 2.48. The standard InChI is InChI=1S/C21H24F3N5O4S/c1-12(21(22,23)24)10-27-16(26-4)17(30)28-13-5-6-15-14(9-13)20(7-8-33-15)11-34(31,32)19(2,3)18(25)29-20/h5-6,9-10H,4,7-8,11H2,1-3H3,(H2,25,29)(H,28,30)/b12-10+,27-16?/t20-/m0/s1. The highest BCUT2D eigenvalue weighted by Gasteiger charge is 2.52. The van der Waals surface area contributed by atoms with Gasteiger partial charge in [0.1, 0.15) is 21.9 Å². The number of allylic oxidation sites excluding steroid dienone is 1. The van der Waals surface area contributed by atoms with Crippen molar-refractivity contribution in [1.29, 1.82) is 0 Å². The maximum Gasteiger partial charge on any atom is 0.413 e. The molecular formula is C21H24F3N5O4S. The number of nitrogens with two attached hydrogens (primary N) is 1. The van der Waals surface area contributed by atoms with E-state index < -0.39 is 43.6 Å². The fourth-order valence-electron chi connectivity index (χ4n) is 3.47. The number of carbonyl (C=O) groups is 1. The Morgan fingerprint density at radius 1 is 1.35 bits per heavy atom. The molecule has 2 heterocycles. The Labute approximate surface area is 194 Å². The van der Waals surface area contributed by atoms with E-state index in [2.05, 4.69) is 27.0 Å². The maximum absolute atomic E-state index is 13.0. The van der Waals surface area contributed by atoms with Crippen LogP contribution in [0.3, 0.4) is 0 Å². The summed E-state index contributed by atoms with van der Waals surface area (Å²) in [5.74, 6) is -1.44. The molecule has 0 unspecified atom stereocenters. The molecule has 0 aromatic heterocycles. The fourth-order valence-corrected chi connectivity index (χ4v) is 5.19. The van der Waals surface area contributed by atoms with Gasteiger partial charge in [-0.05, 0) is 45.7 Å². The van der Waals surface area contributed by atoms with Gasteiger partial charge in [0.25, 0.3) is 5.91 Å². The topological polar surface area (TPSA) is 136 Å². The molecule has 3 rings (SSSR count). The lowest BCUT2D eigenvalue weighted by molar-refractivity contribution is -0.110. The van der Waals surface area contributed by atoms with Crippen molar-refractivity contribution in [2.75, 3.05) is 17.7 Å². The van der Waals surface area contributed by atoms with E-state index in [4.69, 9.17) is 10.5 Å². The average Bonchev–Trinajstić information content (AvgIpc) is 2.72. The van der Waals surface area contributed by atoms with E-state index >= 15 is 0 Å². The summed E-state index contributed by atoms with van der Waals surface area (Å²) in [6.07, 6.45) is -3.88. The zero-order chi connectivity index (χ0) is 25.5. The van der Waals surface area contributed by atoms with E-state index in [1.54, 1.807) is 0 Å². The number of hydrogen-bond acceptors (Lipinski definition) is 7. The zero-order valence-corrected chi connectivity index (χ0v) is 19.5. The highest BCUT2D eigenvalue weighted by molar-refractivity contribution is 7.93. The predicted molar refractivity (Wildman–Crippen MR) is 123 cm³/mol. The Morgan fingerprint density at radius 2 is 2.03 bits per heavy atom. The van der Waals surface area contributed by atoms with Crippen LogP contribution in [0.4, 0.5) is 18.9 Å². The number of benzene rings is 1. The normalized spacial score (nSPS) is 24.0. The van der Waals surface area contributed by atoms with Crippen LogP contribution in [-0.2, 0) is 20.2 Å². The SMILES string of the molecule is C=NC(=N/C=C(\C)C(F)(F)F)C(=O)Nc1ccc2c(c1)[C@]1(CCO2)CS(=O)(=O)C(C)(C)C(N)=N1. The third-order valence-corrected chi connectivity index (χ3v) is 8.47. The molecule has 3 N–H and O–H groups in total. The molecule has 1 spiro atoms. The van der Waals surface area contributed by atoms with E-state index in [1.807, 2.05) is 0 Å². The van der Waals surface area contributed by atoms with Gasteiger partial charge in [-0.2, -0.15) is 13.2 Å². The molecule has 9 nitrogen and oxygen atoms in total. The molecule has 13 heteroatoms. The van der Waals surface area contributed by atoms with Gasteiger partial charge in [-0.1, -0.05) is 0 Å². The Bertz CT molecular complexity index is 1240. The summed E-state index contributed by atoms with van der Waals surface area (Å²) < 4.78 is 68.3. The van der Waals surface area contributed by atoms with E-state index in [0.717, 1.165) is 6.92 Å². The van der Waals surface area contributed by atoms with Crippen molar-refractivity contribution in [1.82, 2.24) is 0 Å². The second-order valence-corrected chi connectivity index (χ2v) is 11.0. The predicted octanol–water partition coefficient (Wildman–Crippen LogP) is 2.73. The van der Waals surface area contributed by atoms with Crippen molar-refractivity contribution >= 4 is 39.8 Å². The lowest BCUT2D eigenvalue weighted by Gasteiger charge is -2.42. The number of ether oxygens (including phenoxy) is 1. The largest absolute Gasteiger partial charge is 0.493 e. The van der Waals surface area contributed by atoms with Gasteiger partial charge in [0.15, 0.2) is 9.84 Å². The zero-order valence-electron chi connectivity index (χ0n) is 18.7. The molecule has 2 aliphatic rings.